The highest BCUT2D eigenvalue weighted by Gasteiger charge is 2.03. The zero-order valence-electron chi connectivity index (χ0n) is 11.3. The lowest BCUT2D eigenvalue weighted by atomic mass is 10.1. The van der Waals surface area contributed by atoms with E-state index in [1.54, 1.807) is 24.3 Å². The minimum Gasteiger partial charge on any atom is -0.445 e. The maximum Gasteiger partial charge on any atom is 0.407 e. The van der Waals surface area contributed by atoms with Crippen molar-refractivity contribution in [3.05, 3.63) is 71.3 Å². The van der Waals surface area contributed by atoms with Gasteiger partial charge in [-0.15, -0.1) is 0 Å². The summed E-state index contributed by atoms with van der Waals surface area (Å²) in [5.74, 6) is -0.635. The van der Waals surface area contributed by atoms with Crippen molar-refractivity contribution < 1.29 is 18.3 Å². The molecular weight excluding hydrogens is 276 g/mol. The van der Waals surface area contributed by atoms with Gasteiger partial charge in [-0.1, -0.05) is 24.3 Å². The third kappa shape index (κ3) is 5.22. The van der Waals surface area contributed by atoms with Gasteiger partial charge in [0.2, 0.25) is 0 Å². The fourth-order valence-corrected chi connectivity index (χ4v) is 1.78. The van der Waals surface area contributed by atoms with Crippen LogP contribution >= 0.6 is 0 Å². The number of amides is 1. The molecule has 0 atom stereocenters. The fourth-order valence-electron chi connectivity index (χ4n) is 1.78. The lowest BCUT2D eigenvalue weighted by Gasteiger charge is -2.07. The average molecular weight is 291 g/mol. The van der Waals surface area contributed by atoms with Crippen molar-refractivity contribution in [3.8, 4) is 0 Å². The number of carbonyl (C=O) groups is 1. The number of hydrogen-bond acceptors (Lipinski definition) is 2. The third-order valence-corrected chi connectivity index (χ3v) is 2.86. The summed E-state index contributed by atoms with van der Waals surface area (Å²) in [6.45, 7) is 0.428. The van der Waals surface area contributed by atoms with Gasteiger partial charge in [-0.25, -0.2) is 13.6 Å². The Hall–Kier alpha value is -2.43. The predicted octanol–water partition coefficient (Wildman–Crippen LogP) is 3.43. The molecule has 0 saturated carbocycles. The Bertz CT molecular complexity index is 599. The number of benzene rings is 2. The van der Waals surface area contributed by atoms with Crippen LogP contribution in [0.5, 0.6) is 0 Å². The Balaban J connectivity index is 1.69. The van der Waals surface area contributed by atoms with Gasteiger partial charge in [-0.05, 0) is 41.8 Å². The van der Waals surface area contributed by atoms with Crippen molar-refractivity contribution in [2.75, 3.05) is 6.54 Å². The second-order valence-electron chi connectivity index (χ2n) is 4.51. The molecule has 0 aliphatic heterocycles. The highest BCUT2D eigenvalue weighted by atomic mass is 19.1. The second kappa shape index (κ2) is 7.38. The Kier molecular flexibility index (Phi) is 5.26. The fraction of sp³-hybridized carbons (Fsp3) is 0.188. The molecule has 21 heavy (non-hydrogen) atoms. The molecule has 0 fully saturated rings. The smallest absolute Gasteiger partial charge is 0.407 e. The van der Waals surface area contributed by atoms with Crippen molar-refractivity contribution >= 4 is 6.09 Å². The van der Waals surface area contributed by atoms with Gasteiger partial charge >= 0.3 is 6.09 Å². The van der Waals surface area contributed by atoms with Crippen molar-refractivity contribution in [2.24, 2.45) is 0 Å². The molecule has 3 nitrogen and oxygen atoms in total. The molecule has 2 aromatic rings. The van der Waals surface area contributed by atoms with Gasteiger partial charge in [0.15, 0.2) is 0 Å². The van der Waals surface area contributed by atoms with Crippen LogP contribution < -0.4 is 5.32 Å². The zero-order chi connectivity index (χ0) is 15.1. The highest BCUT2D eigenvalue weighted by molar-refractivity contribution is 5.67. The quantitative estimate of drug-likeness (QED) is 0.916. The first-order valence-electron chi connectivity index (χ1n) is 6.53. The van der Waals surface area contributed by atoms with E-state index in [2.05, 4.69) is 5.32 Å². The van der Waals surface area contributed by atoms with Gasteiger partial charge < -0.3 is 10.1 Å². The summed E-state index contributed by atoms with van der Waals surface area (Å²) in [5, 5.41) is 2.57. The summed E-state index contributed by atoms with van der Waals surface area (Å²) in [7, 11) is 0. The zero-order valence-corrected chi connectivity index (χ0v) is 11.3. The highest BCUT2D eigenvalue weighted by Crippen LogP contribution is 2.05. The van der Waals surface area contributed by atoms with Crippen LogP contribution in [0.15, 0.2) is 48.5 Å². The van der Waals surface area contributed by atoms with E-state index in [1.165, 1.54) is 24.3 Å². The van der Waals surface area contributed by atoms with E-state index < -0.39 is 6.09 Å². The van der Waals surface area contributed by atoms with Crippen LogP contribution in [0.1, 0.15) is 11.1 Å². The number of halogens is 2. The minimum absolute atomic E-state index is 0.0755. The molecular formula is C16H15F2NO2. The number of alkyl carbamates (subject to hydrolysis) is 1. The van der Waals surface area contributed by atoms with Crippen molar-refractivity contribution in [2.45, 2.75) is 13.0 Å². The summed E-state index contributed by atoms with van der Waals surface area (Å²) in [6, 6.07) is 11.9. The number of rotatable bonds is 5. The van der Waals surface area contributed by atoms with E-state index in [9.17, 15) is 13.6 Å². The molecule has 0 aromatic heterocycles. The van der Waals surface area contributed by atoms with Crippen molar-refractivity contribution in [1.82, 2.24) is 5.32 Å². The largest absolute Gasteiger partial charge is 0.445 e. The molecule has 0 aliphatic carbocycles. The van der Waals surface area contributed by atoms with Gasteiger partial charge in [-0.3, -0.25) is 0 Å². The molecule has 0 unspecified atom stereocenters. The van der Waals surface area contributed by atoms with Crippen molar-refractivity contribution in [1.29, 1.82) is 0 Å². The van der Waals surface area contributed by atoms with Gasteiger partial charge in [0, 0.05) is 6.54 Å². The number of carbonyl (C=O) groups excluding carboxylic acids is 1. The van der Waals surface area contributed by atoms with Crippen LogP contribution in [-0.2, 0) is 17.8 Å². The summed E-state index contributed by atoms with van der Waals surface area (Å²) in [5.41, 5.74) is 1.51. The summed E-state index contributed by atoms with van der Waals surface area (Å²) >= 11 is 0. The monoisotopic (exact) mass is 291 g/mol. The first kappa shape index (κ1) is 15.0. The van der Waals surface area contributed by atoms with Gasteiger partial charge in [0.05, 0.1) is 0 Å². The third-order valence-electron chi connectivity index (χ3n) is 2.86. The summed E-state index contributed by atoms with van der Waals surface area (Å²) in [4.78, 5) is 11.5. The molecule has 0 saturated heterocycles. The number of ether oxygens (including phenoxy) is 1. The standard InChI is InChI=1S/C16H15F2NO2/c17-14-6-4-13(5-7-14)11-21-16(20)19-9-8-12-2-1-3-15(18)10-12/h1-7,10H,8-9,11H2,(H,19,20). The molecule has 2 aromatic carbocycles. The van der Waals surface area contributed by atoms with Crippen LogP contribution in [-0.4, -0.2) is 12.6 Å². The van der Waals surface area contributed by atoms with Crippen molar-refractivity contribution in [3.63, 3.8) is 0 Å². The van der Waals surface area contributed by atoms with E-state index >= 15 is 0 Å². The molecule has 5 heteroatoms. The maximum atomic E-state index is 13.0. The maximum absolute atomic E-state index is 13.0. The molecule has 0 spiro atoms. The van der Waals surface area contributed by atoms with E-state index in [-0.39, 0.29) is 18.2 Å². The molecule has 110 valence electrons. The predicted molar refractivity (Wildman–Crippen MR) is 74.7 cm³/mol. The summed E-state index contributed by atoms with van der Waals surface area (Å²) < 4.78 is 30.6. The Labute approximate surface area is 121 Å². The lowest BCUT2D eigenvalue weighted by molar-refractivity contribution is 0.140. The normalized spacial score (nSPS) is 10.2. The van der Waals surface area contributed by atoms with Crippen LogP contribution in [0.2, 0.25) is 0 Å². The van der Waals surface area contributed by atoms with Crippen LogP contribution in [0.3, 0.4) is 0 Å². The molecule has 0 aliphatic rings. The number of hydrogen-bond donors (Lipinski definition) is 1. The minimum atomic E-state index is -0.560. The van der Waals surface area contributed by atoms with E-state index in [4.69, 9.17) is 4.74 Å². The Morgan fingerprint density at radius 2 is 1.76 bits per heavy atom. The van der Waals surface area contributed by atoms with Gasteiger partial charge in [-0.2, -0.15) is 0 Å². The van der Waals surface area contributed by atoms with Gasteiger partial charge in [0.1, 0.15) is 18.2 Å². The average Bonchev–Trinajstić information content (AvgIpc) is 2.47. The lowest BCUT2D eigenvalue weighted by Crippen LogP contribution is -2.26. The second-order valence-corrected chi connectivity index (χ2v) is 4.51. The van der Waals surface area contributed by atoms with E-state index in [0.29, 0.717) is 18.5 Å². The number of nitrogens with one attached hydrogen (secondary N) is 1. The molecule has 1 N–H and O–H groups in total. The van der Waals surface area contributed by atoms with Crippen LogP contribution in [0, 0.1) is 11.6 Å². The Morgan fingerprint density at radius 1 is 1.00 bits per heavy atom. The molecule has 0 radical (unpaired) electrons. The molecule has 2 rings (SSSR count). The Morgan fingerprint density at radius 3 is 2.48 bits per heavy atom. The van der Waals surface area contributed by atoms with Crippen LogP contribution in [0.25, 0.3) is 0 Å². The van der Waals surface area contributed by atoms with E-state index in [0.717, 1.165) is 5.56 Å². The topological polar surface area (TPSA) is 38.3 Å². The molecule has 0 bridgehead atoms. The first-order valence-corrected chi connectivity index (χ1v) is 6.53. The van der Waals surface area contributed by atoms with Gasteiger partial charge in [0.25, 0.3) is 0 Å². The van der Waals surface area contributed by atoms with E-state index in [1.807, 2.05) is 0 Å². The van der Waals surface area contributed by atoms with Crippen LogP contribution in [0.4, 0.5) is 13.6 Å². The first-order chi connectivity index (χ1) is 10.1. The molecule has 0 heterocycles. The molecule has 1 amide bonds. The SMILES string of the molecule is O=C(NCCc1cccc(F)c1)OCc1ccc(F)cc1. The summed E-state index contributed by atoms with van der Waals surface area (Å²) in [6.07, 6.45) is -0.0422.